The van der Waals surface area contributed by atoms with Crippen molar-refractivity contribution in [3.63, 3.8) is 0 Å². The molecule has 9 nitrogen and oxygen atoms in total. The molecular weight excluding hydrogens is 464 g/mol. The fourth-order valence-electron chi connectivity index (χ4n) is 3.56. The van der Waals surface area contributed by atoms with E-state index in [2.05, 4.69) is 11.6 Å². The molecule has 1 aliphatic rings. The number of allylic oxidation sites excluding steroid dienone is 3. The predicted octanol–water partition coefficient (Wildman–Crippen LogP) is 5.08. The number of nitrogens with two attached hydrogens (primary N) is 1. The van der Waals surface area contributed by atoms with E-state index >= 15 is 0 Å². The lowest BCUT2D eigenvalue weighted by atomic mass is 10.1. The van der Waals surface area contributed by atoms with Crippen LogP contribution in [0.2, 0.25) is 0 Å². The Kier molecular flexibility index (Phi) is 10.4. The average Bonchev–Trinajstić information content (AvgIpc) is 3.10. The zero-order chi connectivity index (χ0) is 25.5. The van der Waals surface area contributed by atoms with Gasteiger partial charge in [0.15, 0.2) is 0 Å². The molecule has 0 spiro atoms. The van der Waals surface area contributed by atoms with E-state index in [-0.39, 0.29) is 24.9 Å². The number of phosphoric ester groups is 1. The van der Waals surface area contributed by atoms with E-state index in [1.54, 1.807) is 27.7 Å². The van der Waals surface area contributed by atoms with Crippen LogP contribution in [0.1, 0.15) is 53.7 Å². The number of aromatic nitrogens is 2. The summed E-state index contributed by atoms with van der Waals surface area (Å²) in [5.41, 5.74) is 6.14. The lowest BCUT2D eigenvalue weighted by Crippen LogP contribution is -2.29. The van der Waals surface area contributed by atoms with Crippen molar-refractivity contribution in [2.75, 3.05) is 18.9 Å². The summed E-state index contributed by atoms with van der Waals surface area (Å²) < 4.78 is 51.3. The minimum Gasteiger partial charge on any atom is -0.383 e. The van der Waals surface area contributed by atoms with Gasteiger partial charge in [0.05, 0.1) is 25.4 Å². The number of rotatable bonds is 12. The number of nitrogen functional groups attached to an aromatic ring is 1. The van der Waals surface area contributed by atoms with Gasteiger partial charge in [-0.2, -0.15) is 4.98 Å². The van der Waals surface area contributed by atoms with E-state index < -0.39 is 37.8 Å². The van der Waals surface area contributed by atoms with Crippen LogP contribution in [0, 0.1) is 5.92 Å². The molecule has 34 heavy (non-hydrogen) atoms. The standard InChI is InChI=1S/C23H35FN3O6P/c1-7-20(16(5)12-18(24)11-15(3)4)33-34(29,30-8-2)31-14-19-13-17(6)22(32-19)27-10-9-21(25)26-23(27)28/h9-12,17,19-20,22H,5,7-8,13-14H2,1-4,6H3,(H2,25,26,28)/b18-12+. The summed E-state index contributed by atoms with van der Waals surface area (Å²) in [5, 5.41) is 0. The average molecular weight is 500 g/mol. The summed E-state index contributed by atoms with van der Waals surface area (Å²) >= 11 is 0. The fourth-order valence-corrected chi connectivity index (χ4v) is 5.02. The predicted molar refractivity (Wildman–Crippen MR) is 129 cm³/mol. The maximum Gasteiger partial charge on any atom is 0.475 e. The van der Waals surface area contributed by atoms with Crippen LogP contribution in [0.4, 0.5) is 10.2 Å². The quantitative estimate of drug-likeness (QED) is 0.313. The lowest BCUT2D eigenvalue weighted by molar-refractivity contribution is -0.0370. The van der Waals surface area contributed by atoms with Gasteiger partial charge in [-0.05, 0) is 57.4 Å². The first-order valence-corrected chi connectivity index (χ1v) is 12.7. The van der Waals surface area contributed by atoms with Crippen molar-refractivity contribution >= 4 is 13.6 Å². The van der Waals surface area contributed by atoms with Crippen molar-refractivity contribution in [3.05, 3.63) is 58.5 Å². The van der Waals surface area contributed by atoms with Gasteiger partial charge in [-0.25, -0.2) is 13.8 Å². The summed E-state index contributed by atoms with van der Waals surface area (Å²) in [5.74, 6) is -0.384. The third-order valence-electron chi connectivity index (χ3n) is 5.08. The summed E-state index contributed by atoms with van der Waals surface area (Å²) in [6, 6.07) is 1.52. The van der Waals surface area contributed by atoms with Crippen molar-refractivity contribution < 1.29 is 27.3 Å². The van der Waals surface area contributed by atoms with Crippen LogP contribution in [0.15, 0.2) is 52.8 Å². The van der Waals surface area contributed by atoms with E-state index in [0.717, 1.165) is 5.57 Å². The third kappa shape index (κ3) is 7.99. The maximum absolute atomic E-state index is 14.1. The second kappa shape index (κ2) is 12.6. The van der Waals surface area contributed by atoms with Gasteiger partial charge in [0.2, 0.25) is 0 Å². The molecule has 1 fully saturated rings. The van der Waals surface area contributed by atoms with Gasteiger partial charge in [-0.1, -0.05) is 26.0 Å². The summed E-state index contributed by atoms with van der Waals surface area (Å²) in [4.78, 5) is 15.9. The highest BCUT2D eigenvalue weighted by molar-refractivity contribution is 7.48. The van der Waals surface area contributed by atoms with Crippen molar-refractivity contribution in [1.82, 2.24) is 9.55 Å². The minimum absolute atomic E-state index is 0.0320. The highest BCUT2D eigenvalue weighted by atomic mass is 31.2. The fraction of sp³-hybridized carbons (Fsp3) is 0.565. The summed E-state index contributed by atoms with van der Waals surface area (Å²) in [7, 11) is -4.00. The Morgan fingerprint density at radius 2 is 2.12 bits per heavy atom. The molecule has 0 radical (unpaired) electrons. The number of hydrogen-bond donors (Lipinski definition) is 1. The molecule has 0 aliphatic carbocycles. The molecule has 0 saturated carbocycles. The van der Waals surface area contributed by atoms with Crippen LogP contribution in [-0.4, -0.2) is 35.0 Å². The Balaban J connectivity index is 2.07. The first-order valence-electron chi connectivity index (χ1n) is 11.3. The van der Waals surface area contributed by atoms with Gasteiger partial charge in [-0.3, -0.25) is 18.1 Å². The molecule has 11 heteroatoms. The molecule has 2 rings (SSSR count). The highest BCUT2D eigenvalue weighted by Crippen LogP contribution is 2.52. The number of hydrogen-bond acceptors (Lipinski definition) is 8. The summed E-state index contributed by atoms with van der Waals surface area (Å²) in [6.07, 6.45) is 3.27. The van der Waals surface area contributed by atoms with E-state index in [1.807, 2.05) is 6.92 Å². The molecule has 2 heterocycles. The van der Waals surface area contributed by atoms with Crippen LogP contribution in [0.25, 0.3) is 0 Å². The normalized spacial score (nSPS) is 23.4. The van der Waals surface area contributed by atoms with Crippen molar-refractivity contribution in [1.29, 1.82) is 0 Å². The second-order valence-corrected chi connectivity index (χ2v) is 10.0. The topological polar surface area (TPSA) is 115 Å². The molecule has 1 aliphatic heterocycles. The van der Waals surface area contributed by atoms with Crippen molar-refractivity contribution in [2.45, 2.75) is 65.9 Å². The molecule has 0 amide bonds. The van der Waals surface area contributed by atoms with Gasteiger partial charge < -0.3 is 10.5 Å². The molecule has 1 aromatic rings. The van der Waals surface area contributed by atoms with Crippen molar-refractivity contribution in [3.8, 4) is 0 Å². The third-order valence-corrected chi connectivity index (χ3v) is 6.63. The molecule has 5 atom stereocenters. The molecule has 0 bridgehead atoms. The molecule has 0 aromatic carbocycles. The van der Waals surface area contributed by atoms with Gasteiger partial charge >= 0.3 is 13.5 Å². The SMILES string of the molecule is C=C(/C=C(/F)C=C(C)C)C(CC)OP(=O)(OCC)OCC1CC(C)C(n2ccc(N)nc2=O)O1. The number of halogens is 1. The molecular formula is C23H35FN3O6P. The number of ether oxygens (including phenoxy) is 1. The molecule has 2 N–H and O–H groups in total. The van der Waals surface area contributed by atoms with E-state index in [0.29, 0.717) is 18.4 Å². The number of nitrogens with zero attached hydrogens (tertiary/aromatic N) is 2. The van der Waals surface area contributed by atoms with Gasteiger partial charge in [0.1, 0.15) is 17.9 Å². The Labute approximate surface area is 200 Å². The Morgan fingerprint density at radius 3 is 2.71 bits per heavy atom. The molecule has 190 valence electrons. The van der Waals surface area contributed by atoms with Gasteiger partial charge in [-0.15, -0.1) is 0 Å². The van der Waals surface area contributed by atoms with Crippen LogP contribution in [0.3, 0.4) is 0 Å². The van der Waals surface area contributed by atoms with Crippen LogP contribution < -0.4 is 11.4 Å². The van der Waals surface area contributed by atoms with Crippen molar-refractivity contribution in [2.24, 2.45) is 5.92 Å². The van der Waals surface area contributed by atoms with Gasteiger partial charge in [0, 0.05) is 12.1 Å². The highest BCUT2D eigenvalue weighted by Gasteiger charge is 2.37. The maximum atomic E-state index is 14.1. The van der Waals surface area contributed by atoms with E-state index in [4.69, 9.17) is 24.0 Å². The Bertz CT molecular complexity index is 1020. The largest absolute Gasteiger partial charge is 0.475 e. The Morgan fingerprint density at radius 1 is 1.41 bits per heavy atom. The molecule has 1 saturated heterocycles. The van der Waals surface area contributed by atoms with E-state index in [1.165, 1.54) is 29.0 Å². The minimum atomic E-state index is -4.00. The monoisotopic (exact) mass is 499 g/mol. The summed E-state index contributed by atoms with van der Waals surface area (Å²) in [6.45, 7) is 12.8. The van der Waals surface area contributed by atoms with Crippen LogP contribution in [-0.2, 0) is 22.9 Å². The van der Waals surface area contributed by atoms with Crippen LogP contribution >= 0.6 is 7.82 Å². The Hall–Kier alpha value is -2.10. The van der Waals surface area contributed by atoms with Crippen LogP contribution in [0.5, 0.6) is 0 Å². The van der Waals surface area contributed by atoms with Gasteiger partial charge in [0.25, 0.3) is 0 Å². The zero-order valence-electron chi connectivity index (χ0n) is 20.4. The second-order valence-electron chi connectivity index (χ2n) is 8.39. The molecule has 1 aromatic heterocycles. The first kappa shape index (κ1) is 28.1. The van der Waals surface area contributed by atoms with E-state index in [9.17, 15) is 13.8 Å². The molecule has 5 unspecified atom stereocenters. The zero-order valence-corrected chi connectivity index (χ0v) is 21.3. The number of anilines is 1. The lowest BCUT2D eigenvalue weighted by Gasteiger charge is -2.24. The number of phosphoric acid groups is 1. The first-order chi connectivity index (χ1) is 16.0. The smallest absolute Gasteiger partial charge is 0.383 e.